The van der Waals surface area contributed by atoms with Gasteiger partial charge in [-0.05, 0) is 55.2 Å². The Hall–Kier alpha value is -1.12. The van der Waals surface area contributed by atoms with Crippen LogP contribution < -0.4 is 5.32 Å². The maximum absolute atomic E-state index is 14.8. The van der Waals surface area contributed by atoms with Gasteiger partial charge in [0.15, 0.2) is 0 Å². The molecule has 0 aliphatic heterocycles. The average Bonchev–Trinajstić information content (AvgIpc) is 2.91. The second kappa shape index (κ2) is 3.94. The number of carbonyl (C=O) groups excluding carboxylic acids is 1. The number of hydrogen-bond donors (Lipinski definition) is 1. The van der Waals surface area contributed by atoms with Crippen LogP contribution in [0.3, 0.4) is 0 Å². The van der Waals surface area contributed by atoms with Gasteiger partial charge in [0.05, 0.1) is 0 Å². The summed E-state index contributed by atoms with van der Waals surface area (Å²) in [5.74, 6) is -0.0391. The molecule has 3 aliphatic rings. The van der Waals surface area contributed by atoms with E-state index < -0.39 is 6.17 Å². The number of hydrogen-bond acceptors (Lipinski definition) is 1. The second-order valence-electron chi connectivity index (χ2n) is 6.03. The minimum atomic E-state index is -0.829. The lowest BCUT2D eigenvalue weighted by Gasteiger charge is -2.37. The number of nitrogens with one attached hydrogen (secondary N) is 1. The van der Waals surface area contributed by atoms with Gasteiger partial charge in [-0.15, -0.1) is 0 Å². The van der Waals surface area contributed by atoms with E-state index in [2.05, 4.69) is 5.32 Å². The molecule has 3 rings (SSSR count). The molecule has 0 aromatic rings. The van der Waals surface area contributed by atoms with Gasteiger partial charge in [0.1, 0.15) is 6.17 Å². The summed E-state index contributed by atoms with van der Waals surface area (Å²) in [7, 11) is 0. The van der Waals surface area contributed by atoms with Crippen molar-refractivity contribution in [2.24, 2.45) is 5.41 Å². The van der Waals surface area contributed by atoms with Crippen molar-refractivity contribution in [1.82, 2.24) is 5.32 Å². The van der Waals surface area contributed by atoms with Crippen LogP contribution in [-0.2, 0) is 4.79 Å². The Morgan fingerprint density at radius 3 is 2.83 bits per heavy atom. The first-order chi connectivity index (χ1) is 8.54. The Balaban J connectivity index is 2.13. The largest absolute Gasteiger partial charge is 0.326 e. The molecule has 2 atom stereocenters. The topological polar surface area (TPSA) is 29.1 Å². The number of fused-ring (bicyclic) bond motifs is 1. The van der Waals surface area contributed by atoms with Gasteiger partial charge in [-0.3, -0.25) is 4.79 Å². The lowest BCUT2D eigenvalue weighted by Crippen LogP contribution is -2.37. The summed E-state index contributed by atoms with van der Waals surface area (Å²) in [6.07, 6.45) is 4.86. The monoisotopic (exact) mass is 249 g/mol. The van der Waals surface area contributed by atoms with E-state index in [1.165, 1.54) is 6.92 Å². The first kappa shape index (κ1) is 11.9. The predicted octanol–water partition coefficient (Wildman–Crippen LogP) is 3.40. The first-order valence-electron chi connectivity index (χ1n) is 6.91. The van der Waals surface area contributed by atoms with Crippen molar-refractivity contribution in [2.45, 2.75) is 58.5 Å². The molecule has 0 spiro atoms. The summed E-state index contributed by atoms with van der Waals surface area (Å²) < 4.78 is 14.8. The molecule has 0 aromatic heterocycles. The van der Waals surface area contributed by atoms with Crippen LogP contribution in [0.5, 0.6) is 0 Å². The number of amides is 1. The highest BCUT2D eigenvalue weighted by Gasteiger charge is 2.49. The Morgan fingerprint density at radius 2 is 2.11 bits per heavy atom. The van der Waals surface area contributed by atoms with E-state index in [0.29, 0.717) is 0 Å². The molecule has 1 fully saturated rings. The molecule has 0 unspecified atom stereocenters. The predicted molar refractivity (Wildman–Crippen MR) is 68.6 cm³/mol. The van der Waals surface area contributed by atoms with Gasteiger partial charge in [-0.2, -0.15) is 0 Å². The normalized spacial score (nSPS) is 34.7. The average molecular weight is 249 g/mol. The minimum absolute atomic E-state index is 0.0391. The van der Waals surface area contributed by atoms with Crippen LogP contribution in [0.4, 0.5) is 4.39 Å². The Bertz CT molecular complexity index is 477. The van der Waals surface area contributed by atoms with Crippen LogP contribution >= 0.6 is 0 Å². The smallest absolute Gasteiger partial charge is 0.221 e. The van der Waals surface area contributed by atoms with Gasteiger partial charge in [0, 0.05) is 18.0 Å². The van der Waals surface area contributed by atoms with Crippen molar-refractivity contribution >= 4 is 5.91 Å². The summed E-state index contributed by atoms with van der Waals surface area (Å²) in [4.78, 5) is 11.4. The number of allylic oxidation sites excluding steroid dienone is 3. The summed E-state index contributed by atoms with van der Waals surface area (Å²) in [6.45, 7) is 3.57. The van der Waals surface area contributed by atoms with Gasteiger partial charge in [0.25, 0.3) is 0 Å². The van der Waals surface area contributed by atoms with E-state index in [4.69, 9.17) is 0 Å². The highest BCUT2D eigenvalue weighted by Crippen LogP contribution is 2.56. The summed E-state index contributed by atoms with van der Waals surface area (Å²) >= 11 is 0. The van der Waals surface area contributed by atoms with E-state index in [1.807, 2.05) is 6.92 Å². The molecular weight excluding hydrogens is 229 g/mol. The molecule has 0 radical (unpaired) electrons. The Kier molecular flexibility index (Phi) is 2.61. The molecule has 0 aromatic carbocycles. The number of alkyl halides is 1. The van der Waals surface area contributed by atoms with Crippen LogP contribution in [0.25, 0.3) is 0 Å². The fraction of sp³-hybridized carbons (Fsp3) is 0.667. The lowest BCUT2D eigenvalue weighted by atomic mass is 9.71. The van der Waals surface area contributed by atoms with Gasteiger partial charge in [-0.1, -0.05) is 6.92 Å². The van der Waals surface area contributed by atoms with Crippen molar-refractivity contribution in [1.29, 1.82) is 0 Å². The zero-order valence-electron chi connectivity index (χ0n) is 11.1. The SMILES string of the molecule is CC(=O)NC1=C2CCC[C@@]2(C)[C@H](F)C2=C1CCC2. The number of rotatable bonds is 1. The van der Waals surface area contributed by atoms with Crippen molar-refractivity contribution in [3.8, 4) is 0 Å². The van der Waals surface area contributed by atoms with E-state index >= 15 is 0 Å². The molecule has 0 bridgehead atoms. The van der Waals surface area contributed by atoms with Crippen LogP contribution in [0.2, 0.25) is 0 Å². The third kappa shape index (κ3) is 1.49. The fourth-order valence-electron chi connectivity index (χ4n) is 3.99. The lowest BCUT2D eigenvalue weighted by molar-refractivity contribution is -0.118. The molecule has 0 saturated heterocycles. The van der Waals surface area contributed by atoms with E-state index in [-0.39, 0.29) is 11.3 Å². The molecule has 1 saturated carbocycles. The van der Waals surface area contributed by atoms with Crippen molar-refractivity contribution in [3.63, 3.8) is 0 Å². The van der Waals surface area contributed by atoms with Gasteiger partial charge < -0.3 is 5.32 Å². The van der Waals surface area contributed by atoms with Crippen LogP contribution in [-0.4, -0.2) is 12.1 Å². The standard InChI is InChI=1S/C15H20FNO/c1-9(18)17-13-10-5-3-6-11(10)14(16)15(2)8-4-7-12(13)15/h14H,3-8H2,1-2H3,(H,17,18)/t14-,15-/m1/s1. The second-order valence-corrected chi connectivity index (χ2v) is 6.03. The summed E-state index contributed by atoms with van der Waals surface area (Å²) in [5, 5.41) is 2.99. The molecule has 2 nitrogen and oxygen atoms in total. The zero-order chi connectivity index (χ0) is 12.9. The fourth-order valence-corrected chi connectivity index (χ4v) is 3.99. The maximum Gasteiger partial charge on any atom is 0.221 e. The molecule has 3 heteroatoms. The third-order valence-corrected chi connectivity index (χ3v) is 4.84. The van der Waals surface area contributed by atoms with Gasteiger partial charge in [-0.25, -0.2) is 4.39 Å². The number of halogens is 1. The number of carbonyl (C=O) groups is 1. The highest BCUT2D eigenvalue weighted by molar-refractivity contribution is 5.77. The van der Waals surface area contributed by atoms with Crippen LogP contribution in [0.1, 0.15) is 52.4 Å². The molecule has 1 amide bonds. The Morgan fingerprint density at radius 1 is 1.33 bits per heavy atom. The van der Waals surface area contributed by atoms with E-state index in [9.17, 15) is 9.18 Å². The molecule has 18 heavy (non-hydrogen) atoms. The molecule has 98 valence electrons. The quantitative estimate of drug-likeness (QED) is 0.758. The highest BCUT2D eigenvalue weighted by atomic mass is 19.1. The minimum Gasteiger partial charge on any atom is -0.326 e. The van der Waals surface area contributed by atoms with Crippen LogP contribution in [0, 0.1) is 5.41 Å². The van der Waals surface area contributed by atoms with E-state index in [1.54, 1.807) is 0 Å². The van der Waals surface area contributed by atoms with Gasteiger partial charge in [0.2, 0.25) is 5.91 Å². The molecule has 3 aliphatic carbocycles. The third-order valence-electron chi connectivity index (χ3n) is 4.84. The molecule has 1 N–H and O–H groups in total. The zero-order valence-corrected chi connectivity index (χ0v) is 11.1. The van der Waals surface area contributed by atoms with Crippen molar-refractivity contribution in [2.75, 3.05) is 0 Å². The summed E-state index contributed by atoms with van der Waals surface area (Å²) in [6, 6.07) is 0. The van der Waals surface area contributed by atoms with Gasteiger partial charge >= 0.3 is 0 Å². The van der Waals surface area contributed by atoms with Crippen molar-refractivity contribution in [3.05, 3.63) is 22.4 Å². The van der Waals surface area contributed by atoms with E-state index in [0.717, 1.165) is 60.9 Å². The Labute approximate surface area is 107 Å². The first-order valence-corrected chi connectivity index (χ1v) is 6.91. The molecular formula is C15H20FNO. The summed E-state index contributed by atoms with van der Waals surface area (Å²) in [5.41, 5.74) is 3.84. The molecule has 0 heterocycles. The maximum atomic E-state index is 14.8. The van der Waals surface area contributed by atoms with Crippen molar-refractivity contribution < 1.29 is 9.18 Å². The van der Waals surface area contributed by atoms with Crippen LogP contribution in [0.15, 0.2) is 22.4 Å².